The predicted octanol–water partition coefficient (Wildman–Crippen LogP) is -0.923. The van der Waals surface area contributed by atoms with Crippen LogP contribution in [0.1, 0.15) is 0 Å². The van der Waals surface area contributed by atoms with Crippen LogP contribution in [-0.2, 0) is 28.5 Å². The first kappa shape index (κ1) is 9.94. The Morgan fingerprint density at radius 2 is 1.54 bits per heavy atom. The van der Waals surface area contributed by atoms with Crippen LogP contribution in [0.4, 0.5) is 0 Å². The molecule has 0 N–H and O–H groups in total. The standard InChI is InChI=1S/C4H6O3.C3H4O3/c5-4-3-6-1-2-7-4;4-3-1-5-2-6-3/h1-3H2;1-2H2. The van der Waals surface area contributed by atoms with E-state index in [2.05, 4.69) is 14.2 Å². The molecule has 0 aliphatic carbocycles. The molecule has 0 radical (unpaired) electrons. The first-order valence-corrected chi connectivity index (χ1v) is 3.76. The Balaban J connectivity index is 0.000000132. The van der Waals surface area contributed by atoms with Gasteiger partial charge in [0.25, 0.3) is 0 Å². The summed E-state index contributed by atoms with van der Waals surface area (Å²) in [5.74, 6) is -0.527. The highest BCUT2D eigenvalue weighted by Gasteiger charge is 2.08. The van der Waals surface area contributed by atoms with Gasteiger partial charge in [-0.05, 0) is 0 Å². The van der Waals surface area contributed by atoms with E-state index in [1.165, 1.54) is 0 Å². The van der Waals surface area contributed by atoms with Gasteiger partial charge in [-0.15, -0.1) is 0 Å². The summed E-state index contributed by atoms with van der Waals surface area (Å²) in [6.45, 7) is 1.35. The average Bonchev–Trinajstić information content (AvgIpc) is 2.58. The number of hydrogen-bond donors (Lipinski definition) is 0. The number of carbonyl (C=O) groups excluding carboxylic acids is 2. The Morgan fingerprint density at radius 3 is 1.77 bits per heavy atom. The van der Waals surface area contributed by atoms with Crippen molar-refractivity contribution in [1.29, 1.82) is 0 Å². The number of rotatable bonds is 0. The maximum Gasteiger partial charge on any atom is 0.334 e. The number of hydrogen-bond acceptors (Lipinski definition) is 6. The second-order valence-corrected chi connectivity index (χ2v) is 2.26. The van der Waals surface area contributed by atoms with E-state index in [4.69, 9.17) is 4.74 Å². The van der Waals surface area contributed by atoms with Crippen LogP contribution in [0.3, 0.4) is 0 Å². The second kappa shape index (κ2) is 5.50. The molecule has 0 aromatic carbocycles. The van der Waals surface area contributed by atoms with Crippen molar-refractivity contribution >= 4 is 11.9 Å². The quantitative estimate of drug-likeness (QED) is 0.460. The van der Waals surface area contributed by atoms with E-state index in [1.807, 2.05) is 0 Å². The molecule has 0 bridgehead atoms. The largest absolute Gasteiger partial charge is 0.462 e. The normalized spacial score (nSPS) is 21.2. The van der Waals surface area contributed by atoms with E-state index in [0.717, 1.165) is 0 Å². The smallest absolute Gasteiger partial charge is 0.334 e. The molecule has 74 valence electrons. The zero-order chi connectivity index (χ0) is 9.52. The first-order valence-electron chi connectivity index (χ1n) is 3.76. The third-order valence-corrected chi connectivity index (χ3v) is 1.23. The lowest BCUT2D eigenvalue weighted by Gasteiger charge is -2.09. The van der Waals surface area contributed by atoms with Gasteiger partial charge in [-0.1, -0.05) is 0 Å². The van der Waals surface area contributed by atoms with Crippen LogP contribution in [0.25, 0.3) is 0 Å². The Hall–Kier alpha value is -1.14. The fourth-order valence-electron chi connectivity index (χ4n) is 0.686. The summed E-state index contributed by atoms with van der Waals surface area (Å²) in [6.07, 6.45) is 0. The fraction of sp³-hybridized carbons (Fsp3) is 0.714. The molecule has 2 aliphatic rings. The maximum absolute atomic E-state index is 10.1. The Bertz CT molecular complexity index is 173. The minimum atomic E-state index is -0.269. The number of carbonyl (C=O) groups is 2. The summed E-state index contributed by atoms with van der Waals surface area (Å²) in [7, 11) is 0. The van der Waals surface area contributed by atoms with Crippen molar-refractivity contribution in [3.8, 4) is 0 Å². The summed E-state index contributed by atoms with van der Waals surface area (Å²) in [4.78, 5) is 20.0. The lowest BCUT2D eigenvalue weighted by molar-refractivity contribution is -0.159. The molecule has 2 saturated heterocycles. The molecule has 13 heavy (non-hydrogen) atoms. The van der Waals surface area contributed by atoms with Crippen LogP contribution < -0.4 is 0 Å². The van der Waals surface area contributed by atoms with Gasteiger partial charge in [-0.2, -0.15) is 0 Å². The fourth-order valence-corrected chi connectivity index (χ4v) is 0.686. The molecule has 2 fully saturated rings. The molecule has 0 saturated carbocycles. The summed E-state index contributed by atoms with van der Waals surface area (Å²) < 4.78 is 18.0. The van der Waals surface area contributed by atoms with Crippen molar-refractivity contribution in [2.24, 2.45) is 0 Å². The van der Waals surface area contributed by atoms with Crippen molar-refractivity contribution in [2.45, 2.75) is 0 Å². The number of cyclic esters (lactones) is 2. The average molecular weight is 190 g/mol. The number of esters is 2. The molecule has 2 aliphatic heterocycles. The number of ether oxygens (including phenoxy) is 4. The van der Waals surface area contributed by atoms with Crippen LogP contribution in [0.15, 0.2) is 0 Å². The molecule has 0 amide bonds. The van der Waals surface area contributed by atoms with Crippen LogP contribution in [0.2, 0.25) is 0 Å². The van der Waals surface area contributed by atoms with E-state index in [1.54, 1.807) is 0 Å². The summed E-state index contributed by atoms with van der Waals surface area (Å²) in [5.41, 5.74) is 0. The third-order valence-electron chi connectivity index (χ3n) is 1.23. The van der Waals surface area contributed by atoms with Gasteiger partial charge in [0.15, 0.2) is 6.79 Å². The van der Waals surface area contributed by atoms with Gasteiger partial charge >= 0.3 is 11.9 Å². The van der Waals surface area contributed by atoms with E-state index >= 15 is 0 Å². The van der Waals surface area contributed by atoms with Crippen molar-refractivity contribution in [1.82, 2.24) is 0 Å². The van der Waals surface area contributed by atoms with Gasteiger partial charge in [0.2, 0.25) is 0 Å². The van der Waals surface area contributed by atoms with Gasteiger partial charge in [0, 0.05) is 0 Å². The molecule has 6 nitrogen and oxygen atoms in total. The lowest BCUT2D eigenvalue weighted by atomic mass is 10.6. The van der Waals surface area contributed by atoms with Gasteiger partial charge in [-0.3, -0.25) is 0 Å². The molecule has 6 heteroatoms. The summed E-state index contributed by atoms with van der Waals surface area (Å²) >= 11 is 0. The molecule has 2 rings (SSSR count). The molecule has 0 unspecified atom stereocenters. The monoisotopic (exact) mass is 190 g/mol. The topological polar surface area (TPSA) is 71.1 Å². The Labute approximate surface area is 74.7 Å². The van der Waals surface area contributed by atoms with Crippen LogP contribution in [-0.4, -0.2) is 45.2 Å². The molecule has 0 spiro atoms. The van der Waals surface area contributed by atoms with Gasteiger partial charge in [0.05, 0.1) is 6.61 Å². The Morgan fingerprint density at radius 1 is 0.846 bits per heavy atom. The predicted molar refractivity (Wildman–Crippen MR) is 38.7 cm³/mol. The van der Waals surface area contributed by atoms with Crippen molar-refractivity contribution in [3.63, 3.8) is 0 Å². The van der Waals surface area contributed by atoms with Crippen LogP contribution in [0.5, 0.6) is 0 Å². The van der Waals surface area contributed by atoms with Crippen LogP contribution >= 0.6 is 0 Å². The molecule has 2 heterocycles. The molecule has 0 aromatic rings. The van der Waals surface area contributed by atoms with Crippen LogP contribution in [0, 0.1) is 0 Å². The third kappa shape index (κ3) is 4.44. The van der Waals surface area contributed by atoms with Gasteiger partial charge in [0.1, 0.15) is 19.8 Å². The van der Waals surface area contributed by atoms with Crippen molar-refractivity contribution in [3.05, 3.63) is 0 Å². The minimum absolute atomic E-state index is 0.125. The highest BCUT2D eigenvalue weighted by Crippen LogP contribution is 1.89. The summed E-state index contributed by atoms with van der Waals surface area (Å²) in [6, 6.07) is 0. The maximum atomic E-state index is 10.1. The summed E-state index contributed by atoms with van der Waals surface area (Å²) in [5, 5.41) is 0. The van der Waals surface area contributed by atoms with E-state index < -0.39 is 0 Å². The molecule has 0 atom stereocenters. The van der Waals surface area contributed by atoms with Gasteiger partial charge in [-0.25, -0.2) is 9.59 Å². The minimum Gasteiger partial charge on any atom is -0.462 e. The first-order chi connectivity index (χ1) is 6.29. The lowest BCUT2D eigenvalue weighted by Crippen LogP contribution is -2.22. The molecule has 0 aromatic heterocycles. The van der Waals surface area contributed by atoms with E-state index in [9.17, 15) is 9.59 Å². The molecular weight excluding hydrogens is 180 g/mol. The van der Waals surface area contributed by atoms with Crippen molar-refractivity contribution in [2.75, 3.05) is 33.2 Å². The SMILES string of the molecule is O=C1COCCO1.O=C1COCO1. The van der Waals surface area contributed by atoms with Gasteiger partial charge < -0.3 is 18.9 Å². The zero-order valence-corrected chi connectivity index (χ0v) is 6.99. The van der Waals surface area contributed by atoms with E-state index in [0.29, 0.717) is 13.2 Å². The zero-order valence-electron chi connectivity index (χ0n) is 6.99. The van der Waals surface area contributed by atoms with Crippen molar-refractivity contribution < 1.29 is 28.5 Å². The second-order valence-electron chi connectivity index (χ2n) is 2.26. The highest BCUT2D eigenvalue weighted by molar-refractivity contribution is 5.71. The van der Waals surface area contributed by atoms with E-state index in [-0.39, 0.29) is 31.9 Å². The highest BCUT2D eigenvalue weighted by atomic mass is 16.7. The molecular formula is C7H10O6. The Kier molecular flexibility index (Phi) is 4.20.